The summed E-state index contributed by atoms with van der Waals surface area (Å²) in [7, 11) is 3.55. The van der Waals surface area contributed by atoms with E-state index in [1.165, 1.54) is 0 Å². The van der Waals surface area contributed by atoms with Gasteiger partial charge in [0.05, 0.1) is 0 Å². The van der Waals surface area contributed by atoms with Crippen LogP contribution in [-0.4, -0.2) is 48.8 Å². The number of carbonyl (C=O) groups is 2. The molecule has 0 bridgehead atoms. The summed E-state index contributed by atoms with van der Waals surface area (Å²) in [6.07, 6.45) is 2.51. The van der Waals surface area contributed by atoms with Gasteiger partial charge in [-0.3, -0.25) is 9.59 Å². The Hall–Kier alpha value is -1.26. The van der Waals surface area contributed by atoms with Crippen molar-refractivity contribution in [2.45, 2.75) is 25.7 Å². The third kappa shape index (κ3) is 4.85. The second-order valence-corrected chi connectivity index (χ2v) is 6.97. The minimum Gasteiger partial charge on any atom is -0.349 e. The molecule has 0 aromatic heterocycles. The molecule has 2 rings (SSSR count). The van der Waals surface area contributed by atoms with Crippen molar-refractivity contribution in [3.05, 3.63) is 33.8 Å². The molecular weight excluding hydrogens is 335 g/mol. The van der Waals surface area contributed by atoms with E-state index in [0.717, 1.165) is 18.4 Å². The van der Waals surface area contributed by atoms with Crippen LogP contribution in [0.1, 0.15) is 24.8 Å². The van der Waals surface area contributed by atoms with Crippen molar-refractivity contribution in [1.82, 2.24) is 9.80 Å². The first-order chi connectivity index (χ1) is 10.9. The highest BCUT2D eigenvalue weighted by Crippen LogP contribution is 2.23. The molecule has 1 heterocycles. The van der Waals surface area contributed by atoms with E-state index in [1.807, 2.05) is 11.0 Å². The molecular formula is C17H22Cl2N2O2. The second-order valence-electron chi connectivity index (χ2n) is 6.12. The molecule has 0 unspecified atom stereocenters. The van der Waals surface area contributed by atoms with Gasteiger partial charge in [0.2, 0.25) is 11.8 Å². The van der Waals surface area contributed by atoms with Gasteiger partial charge in [0.1, 0.15) is 0 Å². The van der Waals surface area contributed by atoms with Crippen LogP contribution in [0, 0.1) is 5.92 Å². The van der Waals surface area contributed by atoms with Gasteiger partial charge in [-0.1, -0.05) is 29.3 Å². The van der Waals surface area contributed by atoms with Gasteiger partial charge in [-0.2, -0.15) is 0 Å². The van der Waals surface area contributed by atoms with E-state index in [4.69, 9.17) is 23.2 Å². The number of hydrogen-bond acceptors (Lipinski definition) is 2. The lowest BCUT2D eigenvalue weighted by molar-refractivity contribution is -0.139. The number of rotatable bonds is 4. The molecule has 1 aliphatic rings. The fourth-order valence-corrected chi connectivity index (χ4v) is 3.37. The van der Waals surface area contributed by atoms with E-state index in [1.54, 1.807) is 31.1 Å². The van der Waals surface area contributed by atoms with Crippen LogP contribution in [0.25, 0.3) is 0 Å². The second kappa shape index (κ2) is 8.02. The van der Waals surface area contributed by atoms with Crippen LogP contribution in [0.2, 0.25) is 10.0 Å². The van der Waals surface area contributed by atoms with Crippen molar-refractivity contribution < 1.29 is 9.59 Å². The lowest BCUT2D eigenvalue weighted by atomic mass is 9.95. The largest absolute Gasteiger partial charge is 0.349 e. The number of likely N-dealkylation sites (tertiary alicyclic amines) is 1. The average molecular weight is 357 g/mol. The van der Waals surface area contributed by atoms with Gasteiger partial charge in [-0.05, 0) is 37.0 Å². The summed E-state index contributed by atoms with van der Waals surface area (Å²) in [5, 5.41) is 1.19. The zero-order chi connectivity index (χ0) is 17.0. The van der Waals surface area contributed by atoms with Gasteiger partial charge in [0.25, 0.3) is 0 Å². The summed E-state index contributed by atoms with van der Waals surface area (Å²) >= 11 is 12.0. The molecule has 0 spiro atoms. The highest BCUT2D eigenvalue weighted by molar-refractivity contribution is 6.35. The Kier molecular flexibility index (Phi) is 6.31. The van der Waals surface area contributed by atoms with Gasteiger partial charge in [-0.15, -0.1) is 0 Å². The Balaban J connectivity index is 1.82. The number of piperidine rings is 1. The fraction of sp³-hybridized carbons (Fsp3) is 0.529. The predicted molar refractivity (Wildman–Crippen MR) is 92.8 cm³/mol. The molecule has 0 atom stereocenters. The SMILES string of the molecule is CN(C)C(=O)C1CCN(C(=O)CCc2ccc(Cl)cc2Cl)CC1. The highest BCUT2D eigenvalue weighted by Gasteiger charge is 2.27. The predicted octanol–water partition coefficient (Wildman–Crippen LogP) is 3.25. The first-order valence-corrected chi connectivity index (χ1v) is 8.57. The van der Waals surface area contributed by atoms with Crippen LogP contribution in [0.3, 0.4) is 0 Å². The highest BCUT2D eigenvalue weighted by atomic mass is 35.5. The zero-order valence-corrected chi connectivity index (χ0v) is 15.0. The van der Waals surface area contributed by atoms with Gasteiger partial charge >= 0.3 is 0 Å². The molecule has 1 aromatic rings. The summed E-state index contributed by atoms with van der Waals surface area (Å²) in [5.74, 6) is 0.316. The average Bonchev–Trinajstić information content (AvgIpc) is 2.53. The molecule has 6 heteroatoms. The molecule has 0 aliphatic carbocycles. The van der Waals surface area contributed by atoms with Gasteiger partial charge in [0.15, 0.2) is 0 Å². The van der Waals surface area contributed by atoms with Crippen LogP contribution in [0.4, 0.5) is 0 Å². The molecule has 1 saturated heterocycles. The first kappa shape index (κ1) is 18.1. The summed E-state index contributed by atoms with van der Waals surface area (Å²) in [4.78, 5) is 27.7. The molecule has 1 fully saturated rings. The molecule has 4 nitrogen and oxygen atoms in total. The number of halogens is 2. The monoisotopic (exact) mass is 356 g/mol. The number of nitrogens with zero attached hydrogens (tertiary/aromatic N) is 2. The number of amides is 2. The van der Waals surface area contributed by atoms with Crippen molar-refractivity contribution in [1.29, 1.82) is 0 Å². The summed E-state index contributed by atoms with van der Waals surface area (Å²) in [6, 6.07) is 5.34. The fourth-order valence-electron chi connectivity index (χ4n) is 2.87. The van der Waals surface area contributed by atoms with Crippen LogP contribution < -0.4 is 0 Å². The molecule has 126 valence electrons. The zero-order valence-electron chi connectivity index (χ0n) is 13.5. The van der Waals surface area contributed by atoms with Gasteiger partial charge in [0, 0.05) is 49.6 Å². The minimum absolute atomic E-state index is 0.0414. The number of carbonyl (C=O) groups excluding carboxylic acids is 2. The third-order valence-corrected chi connectivity index (χ3v) is 4.85. The van der Waals surface area contributed by atoms with E-state index in [0.29, 0.717) is 36.0 Å². The molecule has 23 heavy (non-hydrogen) atoms. The molecule has 2 amide bonds. The summed E-state index contributed by atoms with van der Waals surface area (Å²) < 4.78 is 0. The maximum atomic E-state index is 12.3. The van der Waals surface area contributed by atoms with Crippen LogP contribution in [0.15, 0.2) is 18.2 Å². The number of benzene rings is 1. The minimum atomic E-state index is 0.0414. The maximum Gasteiger partial charge on any atom is 0.225 e. The summed E-state index contributed by atoms with van der Waals surface area (Å²) in [5.41, 5.74) is 0.932. The van der Waals surface area contributed by atoms with Gasteiger partial charge in [-0.25, -0.2) is 0 Å². The van der Waals surface area contributed by atoms with Crippen LogP contribution in [0.5, 0.6) is 0 Å². The molecule has 0 radical (unpaired) electrons. The molecule has 0 saturated carbocycles. The van der Waals surface area contributed by atoms with Crippen molar-refractivity contribution >= 4 is 35.0 Å². The Morgan fingerprint density at radius 3 is 2.43 bits per heavy atom. The Labute approximate surface area is 147 Å². The first-order valence-electron chi connectivity index (χ1n) is 7.81. The number of aryl methyl sites for hydroxylation is 1. The van der Waals surface area contributed by atoms with E-state index >= 15 is 0 Å². The number of hydrogen-bond donors (Lipinski definition) is 0. The van der Waals surface area contributed by atoms with Gasteiger partial charge < -0.3 is 9.80 Å². The summed E-state index contributed by atoms with van der Waals surface area (Å²) in [6.45, 7) is 1.30. The maximum absolute atomic E-state index is 12.3. The Bertz CT molecular complexity index is 582. The Morgan fingerprint density at radius 1 is 1.22 bits per heavy atom. The smallest absolute Gasteiger partial charge is 0.225 e. The molecule has 0 N–H and O–H groups in total. The standard InChI is InChI=1S/C17H22Cl2N2O2/c1-20(2)17(23)13-7-9-21(10-8-13)16(22)6-4-12-3-5-14(18)11-15(12)19/h3,5,11,13H,4,6-10H2,1-2H3. The van der Waals surface area contributed by atoms with Crippen molar-refractivity contribution in [3.63, 3.8) is 0 Å². The van der Waals surface area contributed by atoms with Crippen LogP contribution in [-0.2, 0) is 16.0 Å². The molecule has 1 aliphatic heterocycles. The van der Waals surface area contributed by atoms with Crippen molar-refractivity contribution in [3.8, 4) is 0 Å². The van der Waals surface area contributed by atoms with E-state index in [2.05, 4.69) is 0 Å². The normalized spacial score (nSPS) is 15.6. The third-order valence-electron chi connectivity index (χ3n) is 4.26. The van der Waals surface area contributed by atoms with Crippen molar-refractivity contribution in [2.24, 2.45) is 5.92 Å². The quantitative estimate of drug-likeness (QED) is 0.830. The lowest BCUT2D eigenvalue weighted by Crippen LogP contribution is -2.42. The van der Waals surface area contributed by atoms with Crippen molar-refractivity contribution in [2.75, 3.05) is 27.2 Å². The van der Waals surface area contributed by atoms with E-state index in [9.17, 15) is 9.59 Å². The topological polar surface area (TPSA) is 40.6 Å². The Morgan fingerprint density at radius 2 is 1.87 bits per heavy atom. The van der Waals surface area contributed by atoms with Crippen LogP contribution >= 0.6 is 23.2 Å². The lowest BCUT2D eigenvalue weighted by Gasteiger charge is -2.32. The van der Waals surface area contributed by atoms with E-state index in [-0.39, 0.29) is 17.7 Å². The van der Waals surface area contributed by atoms with E-state index < -0.39 is 0 Å². The molecule has 1 aromatic carbocycles.